The highest BCUT2D eigenvalue weighted by Gasteiger charge is 2.51. The first-order valence-electron chi connectivity index (χ1n) is 12.2. The summed E-state index contributed by atoms with van der Waals surface area (Å²) in [6.45, 7) is 4.51. The van der Waals surface area contributed by atoms with Gasteiger partial charge < -0.3 is 10.2 Å². The molecule has 32 heavy (non-hydrogen) atoms. The molecule has 3 aliphatic rings. The fourth-order valence-corrected chi connectivity index (χ4v) is 8.62. The largest absolute Gasteiger partial charge is 0.393 e. The average molecular weight is 459 g/mol. The van der Waals surface area contributed by atoms with Gasteiger partial charge >= 0.3 is 0 Å². The zero-order valence-electron chi connectivity index (χ0n) is 19.4. The van der Waals surface area contributed by atoms with Crippen molar-refractivity contribution in [3.8, 4) is 0 Å². The molecule has 5 heteroatoms. The van der Waals surface area contributed by atoms with Gasteiger partial charge in [-0.15, -0.1) is 0 Å². The summed E-state index contributed by atoms with van der Waals surface area (Å²) in [5.41, 5.74) is 2.74. The van der Waals surface area contributed by atoms with Crippen LogP contribution in [-0.2, 0) is 9.84 Å². The number of hydrogen-bond donors (Lipinski definition) is 2. The van der Waals surface area contributed by atoms with Gasteiger partial charge in [0.05, 0.1) is 22.9 Å². The molecule has 3 saturated carbocycles. The Labute approximate surface area is 193 Å². The van der Waals surface area contributed by atoms with Crippen molar-refractivity contribution in [2.45, 2.75) is 82.3 Å². The lowest BCUT2D eigenvalue weighted by molar-refractivity contribution is 0.0609. The lowest BCUT2D eigenvalue weighted by Gasteiger charge is -2.44. The van der Waals surface area contributed by atoms with E-state index < -0.39 is 22.0 Å². The van der Waals surface area contributed by atoms with E-state index in [0.717, 1.165) is 37.7 Å². The molecule has 1 aromatic rings. The van der Waals surface area contributed by atoms with E-state index in [9.17, 15) is 18.6 Å². The Morgan fingerprint density at radius 3 is 2.47 bits per heavy atom. The summed E-state index contributed by atoms with van der Waals surface area (Å²) in [4.78, 5) is 0.430. The molecule has 0 aromatic heterocycles. The first-order valence-corrected chi connectivity index (χ1v) is 13.9. The average Bonchev–Trinajstić information content (AvgIpc) is 3.09. The van der Waals surface area contributed by atoms with E-state index in [1.54, 1.807) is 24.3 Å². The summed E-state index contributed by atoms with van der Waals surface area (Å²) in [6, 6.07) is 8.85. The van der Waals surface area contributed by atoms with Crippen molar-refractivity contribution in [3.63, 3.8) is 0 Å². The predicted molar refractivity (Wildman–Crippen MR) is 128 cm³/mol. The minimum atomic E-state index is -3.28. The fourth-order valence-electron chi connectivity index (χ4n) is 6.93. The maximum Gasteiger partial charge on any atom is 0.178 e. The van der Waals surface area contributed by atoms with Gasteiger partial charge in [-0.3, -0.25) is 0 Å². The molecule has 0 aliphatic heterocycles. The van der Waals surface area contributed by atoms with Gasteiger partial charge in [0, 0.05) is 0 Å². The topological polar surface area (TPSA) is 74.6 Å². The zero-order chi connectivity index (χ0) is 22.9. The van der Waals surface area contributed by atoms with E-state index in [4.69, 9.17) is 0 Å². The van der Waals surface area contributed by atoms with Gasteiger partial charge in [-0.1, -0.05) is 55.3 Å². The van der Waals surface area contributed by atoms with Crippen LogP contribution in [-0.4, -0.2) is 36.6 Å². The van der Waals surface area contributed by atoms with Crippen molar-refractivity contribution in [1.29, 1.82) is 0 Å². The first kappa shape index (κ1) is 23.7. The van der Waals surface area contributed by atoms with Crippen molar-refractivity contribution in [3.05, 3.63) is 53.6 Å². The number of hydrogen-bond acceptors (Lipinski definition) is 4. The van der Waals surface area contributed by atoms with E-state index in [2.05, 4.69) is 26.0 Å². The van der Waals surface area contributed by atoms with Crippen LogP contribution in [0.3, 0.4) is 0 Å². The van der Waals surface area contributed by atoms with Crippen molar-refractivity contribution < 1.29 is 18.6 Å². The Kier molecular flexibility index (Phi) is 7.00. The highest BCUT2D eigenvalue weighted by atomic mass is 32.2. The summed E-state index contributed by atoms with van der Waals surface area (Å²) in [5.74, 6) is 1.23. The molecule has 4 nitrogen and oxygen atoms in total. The van der Waals surface area contributed by atoms with Crippen LogP contribution >= 0.6 is 0 Å². The van der Waals surface area contributed by atoms with Crippen LogP contribution in [0.2, 0.25) is 0 Å². The molecule has 176 valence electrons. The first-order chi connectivity index (χ1) is 15.2. The van der Waals surface area contributed by atoms with Crippen LogP contribution in [0.5, 0.6) is 0 Å². The van der Waals surface area contributed by atoms with Crippen molar-refractivity contribution in [2.24, 2.45) is 23.2 Å². The van der Waals surface area contributed by atoms with Gasteiger partial charge in [0.1, 0.15) is 0 Å². The molecule has 0 amide bonds. The SMILES string of the molecule is C[C@H](CS(=O)(=O)c1ccccc1)C1CCC2/C(=C/C=C3C[C@@H](O)C[C@H](O)C3)CCC[C@@]21C. The molecule has 0 heterocycles. The molecule has 4 rings (SSSR count). The van der Waals surface area contributed by atoms with Gasteiger partial charge in [-0.25, -0.2) is 8.42 Å². The zero-order valence-corrected chi connectivity index (χ0v) is 20.2. The van der Waals surface area contributed by atoms with Crippen LogP contribution in [0.15, 0.2) is 58.5 Å². The van der Waals surface area contributed by atoms with Gasteiger partial charge in [0.2, 0.25) is 0 Å². The Morgan fingerprint density at radius 2 is 1.78 bits per heavy atom. The van der Waals surface area contributed by atoms with E-state index >= 15 is 0 Å². The fraction of sp³-hybridized carbons (Fsp3) is 0.630. The standard InChI is InChI=1S/C27H38O4S/c1-19(18-32(30,31)24-8-4-3-5-9-24)25-12-13-26-21(7-6-14-27(25,26)2)11-10-20-15-22(28)17-23(29)16-20/h3-5,8-11,19,22-23,25-26,28-29H,6-7,12-18H2,1-2H3/b21-11+/t19-,22-,23-,25?,26?,27-/m1/s1. The summed E-state index contributed by atoms with van der Waals surface area (Å²) >= 11 is 0. The minimum Gasteiger partial charge on any atom is -0.393 e. The third kappa shape index (κ3) is 4.90. The minimum absolute atomic E-state index is 0.122. The number of allylic oxidation sites excluding steroid dienone is 3. The maximum atomic E-state index is 13.0. The molecule has 6 atom stereocenters. The van der Waals surface area contributed by atoms with Crippen LogP contribution in [0, 0.1) is 23.2 Å². The Balaban J connectivity index is 1.50. The lowest BCUT2D eigenvalue weighted by Crippen LogP contribution is -2.37. The molecule has 3 aliphatic carbocycles. The van der Waals surface area contributed by atoms with Gasteiger partial charge in [0.15, 0.2) is 9.84 Å². The number of fused-ring (bicyclic) bond motifs is 1. The number of aliphatic hydroxyl groups excluding tert-OH is 2. The van der Waals surface area contributed by atoms with Crippen molar-refractivity contribution in [1.82, 2.24) is 0 Å². The van der Waals surface area contributed by atoms with Gasteiger partial charge in [-0.2, -0.15) is 0 Å². The van der Waals surface area contributed by atoms with Crippen LogP contribution < -0.4 is 0 Å². The van der Waals surface area contributed by atoms with Crippen molar-refractivity contribution in [2.75, 3.05) is 5.75 Å². The second-order valence-electron chi connectivity index (χ2n) is 10.7. The van der Waals surface area contributed by atoms with E-state index in [1.807, 2.05) is 6.07 Å². The third-order valence-electron chi connectivity index (χ3n) is 8.38. The summed E-state index contributed by atoms with van der Waals surface area (Å²) < 4.78 is 26.0. The summed E-state index contributed by atoms with van der Waals surface area (Å²) in [5, 5.41) is 20.0. The summed E-state index contributed by atoms with van der Waals surface area (Å²) in [7, 11) is -3.28. The summed E-state index contributed by atoms with van der Waals surface area (Å²) in [6.07, 6.45) is 10.9. The Morgan fingerprint density at radius 1 is 1.09 bits per heavy atom. The Hall–Kier alpha value is -1.43. The molecule has 2 N–H and O–H groups in total. The number of aliphatic hydroxyl groups is 2. The highest BCUT2D eigenvalue weighted by molar-refractivity contribution is 7.91. The second kappa shape index (κ2) is 9.44. The number of rotatable bonds is 5. The second-order valence-corrected chi connectivity index (χ2v) is 12.7. The van der Waals surface area contributed by atoms with E-state index in [0.29, 0.717) is 36.0 Å². The van der Waals surface area contributed by atoms with E-state index in [-0.39, 0.29) is 17.1 Å². The molecule has 2 unspecified atom stereocenters. The molecular formula is C27H38O4S. The quantitative estimate of drug-likeness (QED) is 0.646. The normalized spacial score (nSPS) is 35.5. The molecule has 3 fully saturated rings. The Bertz CT molecular complexity index is 953. The number of sulfone groups is 1. The lowest BCUT2D eigenvalue weighted by atomic mass is 9.61. The molecular weight excluding hydrogens is 420 g/mol. The van der Waals surface area contributed by atoms with E-state index in [1.165, 1.54) is 5.57 Å². The monoisotopic (exact) mass is 458 g/mol. The molecule has 0 spiro atoms. The third-order valence-corrected chi connectivity index (χ3v) is 10.3. The molecule has 0 bridgehead atoms. The predicted octanol–water partition coefficient (Wildman–Crippen LogP) is 5.07. The van der Waals surface area contributed by atoms with Crippen LogP contribution in [0.1, 0.15) is 65.2 Å². The molecule has 1 aromatic carbocycles. The molecule has 0 saturated heterocycles. The van der Waals surface area contributed by atoms with Gasteiger partial charge in [0.25, 0.3) is 0 Å². The smallest absolute Gasteiger partial charge is 0.178 e. The van der Waals surface area contributed by atoms with Gasteiger partial charge in [-0.05, 0) is 86.7 Å². The maximum absolute atomic E-state index is 13.0. The molecule has 0 radical (unpaired) electrons. The van der Waals surface area contributed by atoms with Crippen LogP contribution in [0.4, 0.5) is 0 Å². The number of benzene rings is 1. The van der Waals surface area contributed by atoms with Crippen molar-refractivity contribution >= 4 is 9.84 Å². The van der Waals surface area contributed by atoms with Crippen LogP contribution in [0.25, 0.3) is 0 Å². The highest BCUT2D eigenvalue weighted by Crippen LogP contribution is 2.59.